The number of amides is 2. The van der Waals surface area contributed by atoms with E-state index in [1.165, 1.54) is 0 Å². The molecule has 0 saturated heterocycles. The molecule has 4 N–H and O–H groups in total. The van der Waals surface area contributed by atoms with E-state index in [0.29, 0.717) is 23.7 Å². The van der Waals surface area contributed by atoms with E-state index in [1.54, 1.807) is 38.3 Å². The summed E-state index contributed by atoms with van der Waals surface area (Å²) in [5, 5.41) is 6.00. The molecule has 0 bridgehead atoms. The molecule has 0 heterocycles. The largest absolute Gasteiger partial charge is 0.383 e. The number of hydrogen-bond acceptors (Lipinski definition) is 4. The third kappa shape index (κ3) is 5.81. The van der Waals surface area contributed by atoms with Crippen molar-refractivity contribution >= 4 is 35.8 Å². The van der Waals surface area contributed by atoms with Crippen LogP contribution in [0.15, 0.2) is 24.3 Å². The molecule has 2 amide bonds. The molecular formula is C14H21Cl2N3O3. The Bertz CT molecular complexity index is 514. The Hall–Kier alpha value is -1.34. The van der Waals surface area contributed by atoms with Crippen molar-refractivity contribution in [3.8, 4) is 0 Å². The van der Waals surface area contributed by atoms with Crippen LogP contribution >= 0.6 is 24.0 Å². The summed E-state index contributed by atoms with van der Waals surface area (Å²) >= 11 is 5.92. The molecule has 1 aromatic carbocycles. The summed E-state index contributed by atoms with van der Waals surface area (Å²) in [4.78, 5) is 23.7. The molecule has 22 heavy (non-hydrogen) atoms. The van der Waals surface area contributed by atoms with Gasteiger partial charge in [0.05, 0.1) is 13.2 Å². The highest BCUT2D eigenvalue weighted by Crippen LogP contribution is 2.23. The Morgan fingerprint density at radius 1 is 1.41 bits per heavy atom. The molecule has 6 nitrogen and oxygen atoms in total. The minimum absolute atomic E-state index is 0. The van der Waals surface area contributed by atoms with Crippen LogP contribution in [-0.4, -0.2) is 38.6 Å². The second kappa shape index (κ2) is 9.63. The van der Waals surface area contributed by atoms with Crippen LogP contribution in [0.25, 0.3) is 0 Å². The minimum Gasteiger partial charge on any atom is -0.383 e. The van der Waals surface area contributed by atoms with E-state index < -0.39 is 11.4 Å². The zero-order valence-corrected chi connectivity index (χ0v) is 14.1. The van der Waals surface area contributed by atoms with Gasteiger partial charge in [-0.1, -0.05) is 23.7 Å². The Morgan fingerprint density at radius 2 is 2.09 bits per heavy atom. The van der Waals surface area contributed by atoms with Crippen LogP contribution < -0.4 is 16.4 Å². The minimum atomic E-state index is -1.31. The monoisotopic (exact) mass is 349 g/mol. The molecule has 0 saturated carbocycles. The van der Waals surface area contributed by atoms with Crippen molar-refractivity contribution < 1.29 is 14.3 Å². The number of ether oxygens (including phenoxy) is 1. The van der Waals surface area contributed by atoms with Gasteiger partial charge in [0.15, 0.2) is 0 Å². The molecule has 0 spiro atoms. The highest BCUT2D eigenvalue weighted by molar-refractivity contribution is 6.30. The van der Waals surface area contributed by atoms with E-state index in [4.69, 9.17) is 22.1 Å². The predicted molar refractivity (Wildman–Crippen MR) is 88.1 cm³/mol. The van der Waals surface area contributed by atoms with Gasteiger partial charge in [-0.3, -0.25) is 9.59 Å². The summed E-state index contributed by atoms with van der Waals surface area (Å²) in [6.07, 6.45) is 0. The van der Waals surface area contributed by atoms with Gasteiger partial charge in [0.2, 0.25) is 11.8 Å². The lowest BCUT2D eigenvalue weighted by atomic mass is 9.91. The highest BCUT2D eigenvalue weighted by Gasteiger charge is 2.34. The number of carbonyl (C=O) groups excluding carboxylic acids is 2. The van der Waals surface area contributed by atoms with Crippen molar-refractivity contribution in [1.29, 1.82) is 0 Å². The maximum atomic E-state index is 11.9. The van der Waals surface area contributed by atoms with E-state index in [9.17, 15) is 9.59 Å². The normalized spacial score (nSPS) is 12.9. The molecule has 8 heteroatoms. The first-order valence-electron chi connectivity index (χ1n) is 6.46. The molecule has 1 aromatic rings. The van der Waals surface area contributed by atoms with Gasteiger partial charge in [-0.15, -0.1) is 12.4 Å². The zero-order valence-electron chi connectivity index (χ0n) is 12.5. The molecule has 0 aromatic heterocycles. The number of halogens is 2. The highest BCUT2D eigenvalue weighted by atomic mass is 35.5. The van der Waals surface area contributed by atoms with Crippen LogP contribution in [-0.2, 0) is 19.9 Å². The average molecular weight is 350 g/mol. The second-order valence-corrected chi connectivity index (χ2v) is 5.15. The summed E-state index contributed by atoms with van der Waals surface area (Å²) in [5.41, 5.74) is 4.66. The molecule has 1 atom stereocenters. The van der Waals surface area contributed by atoms with Crippen LogP contribution in [0.2, 0.25) is 5.02 Å². The fourth-order valence-electron chi connectivity index (χ4n) is 1.77. The lowest BCUT2D eigenvalue weighted by Crippen LogP contribution is -2.54. The summed E-state index contributed by atoms with van der Waals surface area (Å²) in [6, 6.07) is 6.67. The van der Waals surface area contributed by atoms with Crippen molar-refractivity contribution in [2.75, 3.05) is 26.8 Å². The number of carbonyl (C=O) groups is 2. The van der Waals surface area contributed by atoms with Gasteiger partial charge in [-0.2, -0.15) is 0 Å². The zero-order chi connectivity index (χ0) is 15.9. The van der Waals surface area contributed by atoms with Gasteiger partial charge >= 0.3 is 0 Å². The van der Waals surface area contributed by atoms with Crippen LogP contribution in [0.4, 0.5) is 0 Å². The maximum Gasteiger partial charge on any atom is 0.247 e. The Balaban J connectivity index is 0.00000441. The maximum absolute atomic E-state index is 11.9. The summed E-state index contributed by atoms with van der Waals surface area (Å²) < 4.78 is 4.86. The molecule has 0 aliphatic heterocycles. The SMILES string of the molecule is COCCNCC(=O)NC(C)(C(N)=O)c1cccc(Cl)c1.Cl. The van der Waals surface area contributed by atoms with Crippen molar-refractivity contribution in [1.82, 2.24) is 10.6 Å². The number of primary amides is 1. The first-order chi connectivity index (χ1) is 9.90. The van der Waals surface area contributed by atoms with Gasteiger partial charge in [-0.05, 0) is 24.6 Å². The molecule has 0 aliphatic carbocycles. The van der Waals surface area contributed by atoms with E-state index in [2.05, 4.69) is 10.6 Å². The third-order valence-corrected chi connectivity index (χ3v) is 3.29. The van der Waals surface area contributed by atoms with Gasteiger partial charge in [-0.25, -0.2) is 0 Å². The quantitative estimate of drug-likeness (QED) is 0.605. The van der Waals surface area contributed by atoms with Crippen molar-refractivity contribution in [2.45, 2.75) is 12.5 Å². The van der Waals surface area contributed by atoms with E-state index in [-0.39, 0.29) is 24.9 Å². The van der Waals surface area contributed by atoms with Crippen LogP contribution in [0, 0.1) is 0 Å². The fourth-order valence-corrected chi connectivity index (χ4v) is 1.96. The van der Waals surface area contributed by atoms with E-state index in [0.717, 1.165) is 0 Å². The summed E-state index contributed by atoms with van der Waals surface area (Å²) in [5.74, 6) is -0.998. The predicted octanol–water partition coefficient (Wildman–Crippen LogP) is 0.815. The van der Waals surface area contributed by atoms with Gasteiger partial charge in [0.1, 0.15) is 5.54 Å². The van der Waals surface area contributed by atoms with Crippen LogP contribution in [0.1, 0.15) is 12.5 Å². The number of nitrogens with one attached hydrogen (secondary N) is 2. The van der Waals surface area contributed by atoms with E-state index >= 15 is 0 Å². The number of hydrogen-bond donors (Lipinski definition) is 3. The smallest absolute Gasteiger partial charge is 0.247 e. The fraction of sp³-hybridized carbons (Fsp3) is 0.429. The molecule has 0 radical (unpaired) electrons. The molecule has 0 aliphatic rings. The van der Waals surface area contributed by atoms with Gasteiger partial charge in [0, 0.05) is 18.7 Å². The van der Waals surface area contributed by atoms with Crippen LogP contribution in [0.5, 0.6) is 0 Å². The summed E-state index contributed by atoms with van der Waals surface area (Å²) in [6.45, 7) is 2.64. The number of benzene rings is 1. The Kier molecular flexibility index (Phi) is 9.04. The average Bonchev–Trinajstić information content (AvgIpc) is 2.43. The first kappa shape index (κ1) is 20.7. The number of methoxy groups -OCH3 is 1. The topological polar surface area (TPSA) is 93.4 Å². The lowest BCUT2D eigenvalue weighted by molar-refractivity contribution is -0.131. The number of nitrogens with two attached hydrogens (primary N) is 1. The van der Waals surface area contributed by atoms with Gasteiger partial charge in [0.25, 0.3) is 0 Å². The Labute approximate surface area is 141 Å². The standard InChI is InChI=1S/C14H20ClN3O3.ClH/c1-14(13(16)20,10-4-3-5-11(15)8-10)18-12(19)9-17-6-7-21-2;/h3-5,8,17H,6-7,9H2,1-2H3,(H2,16,20)(H,18,19);1H. The van der Waals surface area contributed by atoms with Crippen molar-refractivity contribution in [3.05, 3.63) is 34.9 Å². The summed E-state index contributed by atoms with van der Waals surface area (Å²) in [7, 11) is 1.57. The molecule has 124 valence electrons. The molecule has 1 unspecified atom stereocenters. The molecule has 1 rings (SSSR count). The van der Waals surface area contributed by atoms with E-state index in [1.807, 2.05) is 0 Å². The first-order valence-corrected chi connectivity index (χ1v) is 6.84. The Morgan fingerprint density at radius 3 is 2.64 bits per heavy atom. The third-order valence-electron chi connectivity index (χ3n) is 3.05. The van der Waals surface area contributed by atoms with Gasteiger partial charge < -0.3 is 21.1 Å². The lowest BCUT2D eigenvalue weighted by Gasteiger charge is -2.28. The van der Waals surface area contributed by atoms with Crippen molar-refractivity contribution in [2.24, 2.45) is 5.73 Å². The molecular weight excluding hydrogens is 329 g/mol. The second-order valence-electron chi connectivity index (χ2n) is 4.72. The molecule has 0 fully saturated rings. The van der Waals surface area contributed by atoms with Crippen LogP contribution in [0.3, 0.4) is 0 Å². The number of rotatable bonds is 8. The van der Waals surface area contributed by atoms with Crippen molar-refractivity contribution in [3.63, 3.8) is 0 Å².